The smallest absolute Gasteiger partial charge is 0.385 e. The second-order valence-electron chi connectivity index (χ2n) is 12.4. The molecule has 1 heterocycles. The van der Waals surface area contributed by atoms with Crippen molar-refractivity contribution in [3.05, 3.63) is 101 Å². The van der Waals surface area contributed by atoms with E-state index in [1.165, 1.54) is 17.0 Å². The van der Waals surface area contributed by atoms with Gasteiger partial charge in [0.1, 0.15) is 6.54 Å². The molecule has 10 heteroatoms. The van der Waals surface area contributed by atoms with Crippen LogP contribution in [0.15, 0.2) is 72.9 Å². The summed E-state index contributed by atoms with van der Waals surface area (Å²) < 4.78 is 44.9. The summed E-state index contributed by atoms with van der Waals surface area (Å²) in [6, 6.07) is 18.3. The summed E-state index contributed by atoms with van der Waals surface area (Å²) >= 11 is 0. The molecule has 3 aromatic carbocycles. The summed E-state index contributed by atoms with van der Waals surface area (Å²) in [5, 5.41) is 4.16. The molecule has 0 saturated heterocycles. The van der Waals surface area contributed by atoms with E-state index in [-0.39, 0.29) is 37.4 Å². The molecule has 3 amide bonds. The van der Waals surface area contributed by atoms with Crippen LogP contribution in [0.5, 0.6) is 0 Å². The summed E-state index contributed by atoms with van der Waals surface area (Å²) in [6.07, 6.45) is -1.50. The van der Waals surface area contributed by atoms with Crippen LogP contribution in [-0.2, 0) is 28.7 Å². The van der Waals surface area contributed by atoms with E-state index in [4.69, 9.17) is 4.74 Å². The predicted molar refractivity (Wildman–Crippen MR) is 181 cm³/mol. The third kappa shape index (κ3) is 9.38. The third-order valence-corrected chi connectivity index (χ3v) is 8.33. The van der Waals surface area contributed by atoms with Crippen LogP contribution in [0.25, 0.3) is 10.9 Å². The van der Waals surface area contributed by atoms with E-state index < -0.39 is 17.8 Å². The van der Waals surface area contributed by atoms with Gasteiger partial charge < -0.3 is 24.8 Å². The molecule has 0 aliphatic rings. The fourth-order valence-corrected chi connectivity index (χ4v) is 5.70. The van der Waals surface area contributed by atoms with Crippen LogP contribution >= 0.6 is 0 Å². The molecule has 252 valence electrons. The van der Waals surface area contributed by atoms with Crippen LogP contribution in [0.4, 0.5) is 23.7 Å². The fourth-order valence-electron chi connectivity index (χ4n) is 5.70. The van der Waals surface area contributed by atoms with Gasteiger partial charge in [-0.25, -0.2) is 4.79 Å². The number of carbonyl (C=O) groups is 2. The largest absolute Gasteiger partial charge is 0.416 e. The molecule has 0 aliphatic carbocycles. The molecule has 4 rings (SSSR count). The number of para-hydroxylation sites is 2. The quantitative estimate of drug-likeness (QED) is 0.134. The van der Waals surface area contributed by atoms with Crippen LogP contribution in [0.3, 0.4) is 0 Å². The minimum absolute atomic E-state index is 0.0978. The second-order valence-corrected chi connectivity index (χ2v) is 12.4. The van der Waals surface area contributed by atoms with Crippen molar-refractivity contribution in [2.24, 2.45) is 0 Å². The standard InChI is InChI=1S/C37H45F3N4O3/c1-25(2)30-11-8-12-31(26(3)4)35(30)42-36(46)44(19-9-21-47-5)24-34(45)43(23-27-14-16-29(17-15-27)37(38,39)40)20-18-28-22-41-33-13-7-6-10-32(28)33/h6-8,10-17,22,25-26,41H,9,18-21,23-24H2,1-5H3,(H,42,46). The molecule has 0 atom stereocenters. The lowest BCUT2D eigenvalue weighted by Gasteiger charge is -2.29. The number of hydrogen-bond acceptors (Lipinski definition) is 3. The maximum absolute atomic E-state index is 14.0. The number of halogens is 3. The van der Waals surface area contributed by atoms with E-state index in [1.54, 1.807) is 12.0 Å². The van der Waals surface area contributed by atoms with Gasteiger partial charge in [0.2, 0.25) is 5.91 Å². The number of fused-ring (bicyclic) bond motifs is 1. The van der Waals surface area contributed by atoms with Crippen molar-refractivity contribution in [3.8, 4) is 0 Å². The molecular formula is C37H45F3N4O3. The number of alkyl halides is 3. The van der Waals surface area contributed by atoms with Crippen molar-refractivity contribution < 1.29 is 27.5 Å². The molecule has 47 heavy (non-hydrogen) atoms. The summed E-state index contributed by atoms with van der Waals surface area (Å²) in [5.41, 5.74) is 4.59. The molecule has 2 N–H and O–H groups in total. The Balaban J connectivity index is 1.60. The lowest BCUT2D eigenvalue weighted by atomic mass is 9.93. The van der Waals surface area contributed by atoms with Gasteiger partial charge in [-0.2, -0.15) is 13.2 Å². The summed E-state index contributed by atoms with van der Waals surface area (Å²) in [4.78, 5) is 34.3. The SMILES string of the molecule is COCCCN(CC(=O)N(CCc1c[nH]c2ccccc12)Cc1ccc(C(F)(F)F)cc1)C(=O)Nc1c(C(C)C)cccc1C(C)C. The van der Waals surface area contributed by atoms with Gasteiger partial charge >= 0.3 is 12.2 Å². The van der Waals surface area contributed by atoms with Crippen molar-refractivity contribution in [2.75, 3.05) is 38.7 Å². The number of amides is 3. The summed E-state index contributed by atoms with van der Waals surface area (Å²) in [7, 11) is 1.58. The van der Waals surface area contributed by atoms with Crippen LogP contribution < -0.4 is 5.32 Å². The summed E-state index contributed by atoms with van der Waals surface area (Å²) in [5.74, 6) is 0.0196. The maximum atomic E-state index is 14.0. The Bertz CT molecular complexity index is 1600. The Morgan fingerprint density at radius 2 is 1.53 bits per heavy atom. The Labute approximate surface area is 275 Å². The molecule has 4 aromatic rings. The molecule has 0 aliphatic heterocycles. The lowest BCUT2D eigenvalue weighted by molar-refractivity contribution is -0.137. The zero-order valence-corrected chi connectivity index (χ0v) is 27.8. The van der Waals surface area contributed by atoms with Crippen LogP contribution in [0.1, 0.15) is 73.8 Å². The van der Waals surface area contributed by atoms with Crippen LogP contribution in [0, 0.1) is 0 Å². The maximum Gasteiger partial charge on any atom is 0.416 e. The van der Waals surface area contributed by atoms with Crippen molar-refractivity contribution >= 4 is 28.5 Å². The number of aromatic amines is 1. The van der Waals surface area contributed by atoms with E-state index >= 15 is 0 Å². The first-order valence-corrected chi connectivity index (χ1v) is 16.1. The monoisotopic (exact) mass is 650 g/mol. The number of aromatic nitrogens is 1. The van der Waals surface area contributed by atoms with Gasteiger partial charge in [-0.05, 0) is 65.1 Å². The Morgan fingerprint density at radius 1 is 0.872 bits per heavy atom. The normalized spacial score (nSPS) is 11.8. The van der Waals surface area contributed by atoms with Crippen LogP contribution in [-0.4, -0.2) is 60.1 Å². The third-order valence-electron chi connectivity index (χ3n) is 8.33. The van der Waals surface area contributed by atoms with Gasteiger partial charge in [0.15, 0.2) is 0 Å². The topological polar surface area (TPSA) is 77.7 Å². The van der Waals surface area contributed by atoms with E-state index in [2.05, 4.69) is 38.0 Å². The average molecular weight is 651 g/mol. The molecule has 0 saturated carbocycles. The van der Waals surface area contributed by atoms with E-state index in [9.17, 15) is 22.8 Å². The second kappa shape index (κ2) is 16.0. The zero-order chi connectivity index (χ0) is 34.1. The summed E-state index contributed by atoms with van der Waals surface area (Å²) in [6.45, 7) is 9.18. The first-order chi connectivity index (χ1) is 22.4. The molecule has 0 radical (unpaired) electrons. The number of nitrogens with zero attached hydrogens (tertiary/aromatic N) is 2. The van der Waals surface area contributed by atoms with Gasteiger partial charge in [0, 0.05) is 56.1 Å². The number of anilines is 1. The van der Waals surface area contributed by atoms with Crippen molar-refractivity contribution in [3.63, 3.8) is 0 Å². The minimum atomic E-state index is -4.46. The van der Waals surface area contributed by atoms with Crippen molar-refractivity contribution in [1.29, 1.82) is 0 Å². The number of carbonyl (C=O) groups excluding carboxylic acids is 2. The fraction of sp³-hybridized carbons (Fsp3) is 0.405. The van der Waals surface area contributed by atoms with Crippen LogP contribution in [0.2, 0.25) is 0 Å². The Morgan fingerprint density at radius 3 is 2.15 bits per heavy atom. The molecule has 0 bridgehead atoms. The minimum Gasteiger partial charge on any atom is -0.385 e. The van der Waals surface area contributed by atoms with Gasteiger partial charge in [-0.3, -0.25) is 4.79 Å². The molecule has 7 nitrogen and oxygen atoms in total. The number of urea groups is 1. The number of ether oxygens (including phenoxy) is 1. The number of hydrogen-bond donors (Lipinski definition) is 2. The predicted octanol–water partition coefficient (Wildman–Crippen LogP) is 8.58. The molecule has 0 spiro atoms. The lowest BCUT2D eigenvalue weighted by Crippen LogP contribution is -2.45. The zero-order valence-electron chi connectivity index (χ0n) is 27.8. The van der Waals surface area contributed by atoms with E-state index in [0.717, 1.165) is 45.4 Å². The number of H-pyrrole nitrogens is 1. The molecular weight excluding hydrogens is 605 g/mol. The van der Waals surface area contributed by atoms with Gasteiger partial charge in [-0.15, -0.1) is 0 Å². The molecule has 0 fully saturated rings. The number of benzene rings is 3. The van der Waals surface area contributed by atoms with Crippen molar-refractivity contribution in [2.45, 2.75) is 65.1 Å². The highest BCUT2D eigenvalue weighted by Gasteiger charge is 2.30. The highest BCUT2D eigenvalue weighted by atomic mass is 19.4. The first kappa shape index (κ1) is 35.5. The van der Waals surface area contributed by atoms with Gasteiger partial charge in [0.05, 0.1) is 5.56 Å². The number of methoxy groups -OCH3 is 1. The Kier molecular flexibility index (Phi) is 12.1. The van der Waals surface area contributed by atoms with Crippen molar-refractivity contribution in [1.82, 2.24) is 14.8 Å². The highest BCUT2D eigenvalue weighted by Crippen LogP contribution is 2.33. The first-order valence-electron chi connectivity index (χ1n) is 16.1. The average Bonchev–Trinajstić information content (AvgIpc) is 3.45. The number of nitrogens with one attached hydrogen (secondary N) is 2. The van der Waals surface area contributed by atoms with E-state index in [0.29, 0.717) is 31.6 Å². The van der Waals surface area contributed by atoms with E-state index in [1.807, 2.05) is 48.7 Å². The molecule has 1 aromatic heterocycles. The van der Waals surface area contributed by atoms with Gasteiger partial charge in [-0.1, -0.05) is 76.2 Å². The highest BCUT2D eigenvalue weighted by molar-refractivity contribution is 5.94. The molecule has 0 unspecified atom stereocenters. The number of rotatable bonds is 14. The van der Waals surface area contributed by atoms with Gasteiger partial charge in [0.25, 0.3) is 0 Å². The Hall–Kier alpha value is -4.31.